The lowest BCUT2D eigenvalue weighted by molar-refractivity contribution is -0.458. The van der Waals surface area contributed by atoms with Crippen LogP contribution in [0.5, 0.6) is 6.01 Å². The van der Waals surface area contributed by atoms with E-state index in [2.05, 4.69) is 25.9 Å². The summed E-state index contributed by atoms with van der Waals surface area (Å²) < 4.78 is 165. The second-order valence-electron chi connectivity index (χ2n) is 15.5. The summed E-state index contributed by atoms with van der Waals surface area (Å²) in [5.41, 5.74) is -7.05. The molecule has 0 saturated carbocycles. The molecule has 4 aliphatic heterocycles. The molecule has 2 aromatic carbocycles. The largest absolute Gasteiger partial charge is 0.461 e. The molecule has 0 unspecified atom stereocenters. The molecule has 59 heavy (non-hydrogen) atoms. The lowest BCUT2D eigenvalue weighted by Gasteiger charge is -2.42. The molecule has 3 fully saturated rings. The number of rotatable bonds is 8. The lowest BCUT2D eigenvalue weighted by atomic mass is 9.95. The summed E-state index contributed by atoms with van der Waals surface area (Å²) in [7, 11) is 0. The molecule has 0 spiro atoms. The molecule has 0 amide bonds. The van der Waals surface area contributed by atoms with Gasteiger partial charge in [-0.05, 0) is 62.9 Å². The first-order valence-corrected chi connectivity index (χ1v) is 19.2. The van der Waals surface area contributed by atoms with Gasteiger partial charge in [-0.15, -0.1) is 6.42 Å². The first-order valence-electron chi connectivity index (χ1n) is 19.2. The number of hydrogen-bond acceptors (Lipinski definition) is 8. The van der Waals surface area contributed by atoms with Crippen LogP contribution in [0.15, 0.2) is 30.3 Å². The van der Waals surface area contributed by atoms with E-state index in [0.29, 0.717) is 61.1 Å². The molecular formula is C40H37F11N6O2. The highest BCUT2D eigenvalue weighted by Gasteiger charge is 2.85. The summed E-state index contributed by atoms with van der Waals surface area (Å²) in [4.78, 5) is 17.7. The molecule has 0 aliphatic carbocycles. The van der Waals surface area contributed by atoms with Gasteiger partial charge in [0.1, 0.15) is 29.5 Å². The minimum Gasteiger partial charge on any atom is -0.461 e. The summed E-state index contributed by atoms with van der Waals surface area (Å²) in [5, 5.41) is 4.70. The zero-order chi connectivity index (χ0) is 42.3. The Labute approximate surface area is 330 Å². The predicted molar refractivity (Wildman–Crippen MR) is 194 cm³/mol. The Morgan fingerprint density at radius 1 is 0.915 bits per heavy atom. The topological polar surface area (TPSA) is 75.6 Å². The number of hydrogen-bond donors (Lipinski definition) is 1. The summed E-state index contributed by atoms with van der Waals surface area (Å²) in [5.74, 6) is 1.19. The van der Waals surface area contributed by atoms with E-state index in [-0.39, 0.29) is 71.8 Å². The Morgan fingerprint density at radius 2 is 1.66 bits per heavy atom. The van der Waals surface area contributed by atoms with Crippen molar-refractivity contribution >= 4 is 27.5 Å². The molecule has 1 N–H and O–H groups in total. The summed E-state index contributed by atoms with van der Waals surface area (Å²) in [6.07, 6.45) is -12.3. The van der Waals surface area contributed by atoms with E-state index in [9.17, 15) is 39.5 Å². The number of aromatic nitrogens is 3. The molecule has 8 nitrogen and oxygen atoms in total. The summed E-state index contributed by atoms with van der Waals surface area (Å²) in [6, 6.07) is 6.12. The van der Waals surface area contributed by atoms with Gasteiger partial charge in [0.15, 0.2) is 5.82 Å². The molecule has 2 aromatic heterocycles. The van der Waals surface area contributed by atoms with Gasteiger partial charge in [-0.3, -0.25) is 4.90 Å². The van der Waals surface area contributed by atoms with E-state index in [0.717, 1.165) is 6.42 Å². The molecule has 4 aliphatic rings. The maximum atomic E-state index is 17.2. The highest BCUT2D eigenvalue weighted by molar-refractivity contribution is 6.02. The number of anilines is 1. The van der Waals surface area contributed by atoms with Crippen molar-refractivity contribution < 1.29 is 57.8 Å². The fraction of sp³-hybridized carbons (Fsp3) is 0.525. The lowest BCUT2D eigenvalue weighted by Crippen LogP contribution is -2.68. The normalized spacial score (nSPS) is 24.0. The van der Waals surface area contributed by atoms with E-state index < -0.39 is 54.0 Å². The number of aryl methyl sites for hydroxylation is 1. The van der Waals surface area contributed by atoms with Gasteiger partial charge in [-0.1, -0.05) is 37.1 Å². The minimum atomic E-state index is -6.85. The molecule has 19 heteroatoms. The molecule has 0 radical (unpaired) electrons. The SMILES string of the molecule is C#Cc1c(F)ccc2cccc(-c3nc4c5c(nc(OC[C@@]67CCCN6[C@H](COC(C(F)(F)F)(C(F)(F)F)C(F)(F)F)CC7)nc5c3F)N3CCN[C@@H](CC)[C@H]3CC4)c12. The molecule has 4 aromatic rings. The van der Waals surface area contributed by atoms with Crippen LogP contribution in [0, 0.1) is 24.0 Å². The van der Waals surface area contributed by atoms with Crippen molar-refractivity contribution in [3.05, 3.63) is 53.2 Å². The van der Waals surface area contributed by atoms with Crippen LogP contribution < -0.4 is 15.0 Å². The summed E-state index contributed by atoms with van der Waals surface area (Å²) in [6.45, 7) is 1.46. The van der Waals surface area contributed by atoms with Gasteiger partial charge in [0.25, 0.3) is 0 Å². The van der Waals surface area contributed by atoms with Crippen LogP contribution in [0.25, 0.3) is 32.9 Å². The van der Waals surface area contributed by atoms with E-state index >= 15 is 8.78 Å². The van der Waals surface area contributed by atoms with Crippen LogP contribution in [0.4, 0.5) is 54.1 Å². The number of ether oxygens (including phenoxy) is 2. The number of fused-ring (bicyclic) bond motifs is 4. The van der Waals surface area contributed by atoms with Crippen LogP contribution in [0.3, 0.4) is 0 Å². The van der Waals surface area contributed by atoms with Crippen molar-refractivity contribution in [2.75, 3.05) is 37.7 Å². The van der Waals surface area contributed by atoms with Crippen molar-refractivity contribution in [1.82, 2.24) is 25.2 Å². The number of nitrogens with zero attached hydrogens (tertiary/aromatic N) is 5. The van der Waals surface area contributed by atoms with Crippen molar-refractivity contribution in [1.29, 1.82) is 0 Å². The van der Waals surface area contributed by atoms with Gasteiger partial charge in [0.05, 0.1) is 28.8 Å². The van der Waals surface area contributed by atoms with Crippen LogP contribution >= 0.6 is 0 Å². The molecule has 6 heterocycles. The number of benzene rings is 2. The second-order valence-corrected chi connectivity index (χ2v) is 15.5. The number of nitrogens with one attached hydrogen (secondary N) is 1. The molecule has 3 saturated heterocycles. The first kappa shape index (κ1) is 41.2. The zero-order valence-corrected chi connectivity index (χ0v) is 31.4. The van der Waals surface area contributed by atoms with E-state index in [4.69, 9.17) is 21.1 Å². The van der Waals surface area contributed by atoms with E-state index in [1.807, 2.05) is 6.92 Å². The monoisotopic (exact) mass is 842 g/mol. The fourth-order valence-electron chi connectivity index (χ4n) is 9.68. The third-order valence-electron chi connectivity index (χ3n) is 12.4. The predicted octanol–water partition coefficient (Wildman–Crippen LogP) is 8.43. The molecular weight excluding hydrogens is 805 g/mol. The number of pyridine rings is 1. The molecule has 4 atom stereocenters. The van der Waals surface area contributed by atoms with Crippen molar-refractivity contribution in [3.8, 4) is 29.6 Å². The number of halogens is 11. The van der Waals surface area contributed by atoms with Gasteiger partial charge in [-0.25, -0.2) is 13.8 Å². The standard InChI is InChI=1S/C40H37F11N6O2/c1-3-23-25(41)10-9-21-7-5-8-24(29(21)23)32-31(42)33-30-27(53-32)11-12-28-26(4-2)52-16-18-56(28)34(30)55-35(54-33)58-20-36-14-6-17-57(36)22(13-15-36)19-59-37(38(43,44)45,39(46,47)48)40(49,50)51/h1,5,7-10,22,26,28,52H,4,6,11-20H2,2H3/t22-,26-,28+,36-/m0/s1. The Bertz CT molecular complexity index is 2290. The highest BCUT2D eigenvalue weighted by atomic mass is 19.4. The Kier molecular flexibility index (Phi) is 10.2. The second kappa shape index (κ2) is 14.6. The van der Waals surface area contributed by atoms with Crippen molar-refractivity contribution in [3.63, 3.8) is 0 Å². The average molecular weight is 843 g/mol. The Morgan fingerprint density at radius 3 is 2.36 bits per heavy atom. The van der Waals surface area contributed by atoms with Gasteiger partial charge in [0, 0.05) is 42.2 Å². The molecule has 8 rings (SSSR count). The number of alkyl halides is 9. The quantitative estimate of drug-likeness (QED) is 0.140. The third-order valence-corrected chi connectivity index (χ3v) is 12.4. The maximum Gasteiger partial charge on any atom is 0.435 e. The van der Waals surface area contributed by atoms with Gasteiger partial charge >= 0.3 is 30.1 Å². The fourth-order valence-corrected chi connectivity index (χ4v) is 9.68. The van der Waals surface area contributed by atoms with Crippen LogP contribution in [-0.2, 0) is 11.2 Å². The van der Waals surface area contributed by atoms with E-state index in [1.165, 1.54) is 17.0 Å². The van der Waals surface area contributed by atoms with Gasteiger partial charge < -0.3 is 19.7 Å². The van der Waals surface area contributed by atoms with Crippen LogP contribution in [-0.4, -0.2) is 100 Å². The number of terminal acetylenes is 1. The zero-order valence-electron chi connectivity index (χ0n) is 31.4. The first-order chi connectivity index (χ1) is 27.9. The molecule has 316 valence electrons. The van der Waals surface area contributed by atoms with E-state index in [1.54, 1.807) is 18.2 Å². The van der Waals surface area contributed by atoms with Crippen molar-refractivity contribution in [2.45, 2.75) is 99.7 Å². The summed E-state index contributed by atoms with van der Waals surface area (Å²) >= 11 is 0. The third kappa shape index (κ3) is 6.51. The Hall–Kier alpha value is -4.54. The van der Waals surface area contributed by atoms with Crippen LogP contribution in [0.1, 0.15) is 56.7 Å². The van der Waals surface area contributed by atoms with Gasteiger partial charge in [0.2, 0.25) is 0 Å². The smallest absolute Gasteiger partial charge is 0.435 e. The maximum absolute atomic E-state index is 17.2. The minimum absolute atomic E-state index is 0.0327. The van der Waals surface area contributed by atoms with Crippen LogP contribution in [0.2, 0.25) is 0 Å². The van der Waals surface area contributed by atoms with Gasteiger partial charge in [-0.2, -0.15) is 49.5 Å². The van der Waals surface area contributed by atoms with Crippen molar-refractivity contribution in [2.24, 2.45) is 0 Å². The highest BCUT2D eigenvalue weighted by Crippen LogP contribution is 2.55. The average Bonchev–Trinajstić information content (AvgIpc) is 3.69. The Balaban J connectivity index is 1.17. The number of piperazine rings is 1. The molecule has 0 bridgehead atoms.